The molecule has 0 aromatic heterocycles. The fourth-order valence-electron chi connectivity index (χ4n) is 3.23. The van der Waals surface area contributed by atoms with Crippen LogP contribution in [0.1, 0.15) is 44.5 Å². The molecule has 1 fully saturated rings. The van der Waals surface area contributed by atoms with Crippen molar-refractivity contribution in [2.24, 2.45) is 5.92 Å². The Labute approximate surface area is 185 Å². The van der Waals surface area contributed by atoms with E-state index in [1.807, 2.05) is 6.92 Å². The molecule has 0 spiro atoms. The summed E-state index contributed by atoms with van der Waals surface area (Å²) < 4.78 is 11.2. The summed E-state index contributed by atoms with van der Waals surface area (Å²) in [6.45, 7) is 16.3. The van der Waals surface area contributed by atoms with Crippen LogP contribution in [-0.4, -0.2) is 44.9 Å². The lowest BCUT2D eigenvalue weighted by molar-refractivity contribution is -0.139. The molecule has 1 aliphatic heterocycles. The number of hydrogen-bond donors (Lipinski definition) is 2. The predicted octanol–water partition coefficient (Wildman–Crippen LogP) is 4.52. The highest BCUT2D eigenvalue weighted by molar-refractivity contribution is 6.74. The quantitative estimate of drug-likeness (QED) is 0.252. The van der Waals surface area contributed by atoms with Gasteiger partial charge in [-0.05, 0) is 49.3 Å². The number of β-lactam (4-membered cyclic amide) rings is 1. The summed E-state index contributed by atoms with van der Waals surface area (Å²) in [6, 6.07) is 6.34. The van der Waals surface area contributed by atoms with E-state index in [0.29, 0.717) is 11.3 Å². The topological polar surface area (TPSA) is 93.7 Å². The molecule has 0 radical (unpaired) electrons. The molecule has 7 nitrogen and oxygen atoms in total. The van der Waals surface area contributed by atoms with Crippen LogP contribution in [0.2, 0.25) is 18.1 Å². The monoisotopic (exact) mass is 446 g/mol. The molecular weight excluding hydrogens is 412 g/mol. The molecule has 170 valence electrons. The summed E-state index contributed by atoms with van der Waals surface area (Å²) in [5.74, 6) is -0.476. The largest absolute Gasteiger partial charge is 0.445 e. The smallest absolute Gasteiger partial charge is 0.411 e. The SMILES string of the molecule is C=CCOC(=O)Nc1ccc(C(=O)C[C@H]2NC(=O)[C@@H]2[C@@H](C)O[Si](C)(C)C(C)(C)C)cc1. The minimum absolute atomic E-state index is 0.0423. The van der Waals surface area contributed by atoms with Crippen LogP contribution in [0.15, 0.2) is 36.9 Å². The van der Waals surface area contributed by atoms with Crippen molar-refractivity contribution in [3.05, 3.63) is 42.5 Å². The Hall–Kier alpha value is -2.45. The van der Waals surface area contributed by atoms with Crippen molar-refractivity contribution >= 4 is 31.8 Å². The van der Waals surface area contributed by atoms with Crippen LogP contribution >= 0.6 is 0 Å². The Morgan fingerprint density at radius 1 is 1.26 bits per heavy atom. The number of ketones is 1. The lowest BCUT2D eigenvalue weighted by Crippen LogP contribution is -2.64. The Bertz CT molecular complexity index is 829. The average Bonchev–Trinajstić information content (AvgIpc) is 2.64. The molecule has 8 heteroatoms. The van der Waals surface area contributed by atoms with E-state index >= 15 is 0 Å². The minimum Gasteiger partial charge on any atom is -0.445 e. The first kappa shape index (κ1) is 24.8. The molecule has 2 amide bonds. The second-order valence-electron chi connectivity index (χ2n) is 9.44. The third kappa shape index (κ3) is 6.27. The predicted molar refractivity (Wildman–Crippen MR) is 124 cm³/mol. The van der Waals surface area contributed by atoms with Crippen LogP contribution in [0, 0.1) is 5.92 Å². The number of benzene rings is 1. The van der Waals surface area contributed by atoms with Crippen LogP contribution in [0.25, 0.3) is 0 Å². The normalized spacial score (nSPS) is 19.6. The highest BCUT2D eigenvalue weighted by atomic mass is 28.4. The van der Waals surface area contributed by atoms with Crippen molar-refractivity contribution in [2.45, 2.75) is 64.4 Å². The van der Waals surface area contributed by atoms with E-state index in [1.54, 1.807) is 24.3 Å². The number of anilines is 1. The van der Waals surface area contributed by atoms with E-state index in [0.717, 1.165) is 0 Å². The van der Waals surface area contributed by atoms with Gasteiger partial charge in [-0.15, -0.1) is 0 Å². The van der Waals surface area contributed by atoms with Crippen LogP contribution in [0.5, 0.6) is 0 Å². The zero-order valence-electron chi connectivity index (χ0n) is 19.3. The average molecular weight is 447 g/mol. The highest BCUT2D eigenvalue weighted by Crippen LogP contribution is 2.39. The van der Waals surface area contributed by atoms with Gasteiger partial charge in [0, 0.05) is 17.7 Å². The van der Waals surface area contributed by atoms with Gasteiger partial charge in [-0.25, -0.2) is 4.79 Å². The number of hydrogen-bond acceptors (Lipinski definition) is 5. The second kappa shape index (κ2) is 9.78. The van der Waals surface area contributed by atoms with Gasteiger partial charge in [-0.1, -0.05) is 33.4 Å². The van der Waals surface area contributed by atoms with Crippen molar-refractivity contribution in [3.8, 4) is 0 Å². The number of carbonyl (C=O) groups excluding carboxylic acids is 3. The number of amides is 2. The van der Waals surface area contributed by atoms with Crippen molar-refractivity contribution in [1.29, 1.82) is 0 Å². The van der Waals surface area contributed by atoms with Crippen molar-refractivity contribution in [2.75, 3.05) is 11.9 Å². The zero-order chi connectivity index (χ0) is 23.4. The summed E-state index contributed by atoms with van der Waals surface area (Å²) in [6.07, 6.45) is 0.845. The molecular formula is C23H34N2O5Si. The molecule has 31 heavy (non-hydrogen) atoms. The third-order valence-electron chi connectivity index (χ3n) is 6.05. The summed E-state index contributed by atoms with van der Waals surface area (Å²) in [5, 5.41) is 5.47. The van der Waals surface area contributed by atoms with Crippen LogP contribution < -0.4 is 10.6 Å². The molecule has 1 saturated heterocycles. The maximum atomic E-state index is 12.7. The molecule has 0 bridgehead atoms. The lowest BCUT2D eigenvalue weighted by atomic mass is 9.82. The van der Waals surface area contributed by atoms with E-state index in [4.69, 9.17) is 9.16 Å². The number of ether oxygens (including phenoxy) is 1. The first-order valence-corrected chi connectivity index (χ1v) is 13.4. The van der Waals surface area contributed by atoms with Gasteiger partial charge in [0.25, 0.3) is 0 Å². The van der Waals surface area contributed by atoms with Crippen LogP contribution in [-0.2, 0) is 14.0 Å². The van der Waals surface area contributed by atoms with Gasteiger partial charge in [0.05, 0.1) is 18.1 Å². The van der Waals surface area contributed by atoms with Crippen molar-refractivity contribution < 1.29 is 23.5 Å². The summed E-state index contributed by atoms with van der Waals surface area (Å²) in [4.78, 5) is 36.5. The summed E-state index contributed by atoms with van der Waals surface area (Å²) in [5.41, 5.74) is 1.04. The molecule has 1 aromatic rings. The van der Waals surface area contributed by atoms with Gasteiger partial charge in [-0.2, -0.15) is 0 Å². The Morgan fingerprint density at radius 3 is 2.39 bits per heavy atom. The fourth-order valence-corrected chi connectivity index (χ4v) is 4.66. The molecule has 1 aliphatic rings. The maximum absolute atomic E-state index is 12.7. The molecule has 1 heterocycles. The van der Waals surface area contributed by atoms with E-state index in [-0.39, 0.29) is 47.8 Å². The number of rotatable bonds is 9. The van der Waals surface area contributed by atoms with Gasteiger partial charge in [0.15, 0.2) is 14.1 Å². The zero-order valence-corrected chi connectivity index (χ0v) is 20.3. The molecule has 2 N–H and O–H groups in total. The van der Waals surface area contributed by atoms with Gasteiger partial charge in [0.2, 0.25) is 5.91 Å². The molecule has 0 aliphatic carbocycles. The number of Topliss-reactive ketones (excluding diaryl/α,β-unsaturated/α-hetero) is 1. The summed E-state index contributed by atoms with van der Waals surface area (Å²) >= 11 is 0. The first-order chi connectivity index (χ1) is 14.4. The van der Waals surface area contributed by atoms with Gasteiger partial charge in [-0.3, -0.25) is 14.9 Å². The Kier molecular flexibility index (Phi) is 7.83. The molecule has 0 unspecified atom stereocenters. The van der Waals surface area contributed by atoms with E-state index in [9.17, 15) is 14.4 Å². The van der Waals surface area contributed by atoms with Crippen LogP contribution in [0.3, 0.4) is 0 Å². The third-order valence-corrected chi connectivity index (χ3v) is 10.6. The minimum atomic E-state index is -2.02. The maximum Gasteiger partial charge on any atom is 0.411 e. The molecule has 2 rings (SSSR count). The van der Waals surface area contributed by atoms with Crippen molar-refractivity contribution in [3.63, 3.8) is 0 Å². The lowest BCUT2D eigenvalue weighted by Gasteiger charge is -2.45. The number of carbonyl (C=O) groups is 3. The van der Waals surface area contributed by atoms with Gasteiger partial charge >= 0.3 is 6.09 Å². The van der Waals surface area contributed by atoms with Crippen molar-refractivity contribution in [1.82, 2.24) is 5.32 Å². The Balaban J connectivity index is 1.96. The van der Waals surface area contributed by atoms with E-state index in [1.165, 1.54) is 6.08 Å². The van der Waals surface area contributed by atoms with E-state index in [2.05, 4.69) is 51.1 Å². The standard InChI is InChI=1S/C23H34N2O5Si/c1-8-13-29-22(28)24-17-11-9-16(10-12-17)19(26)14-18-20(21(27)25-18)15(2)30-31(6,7)23(3,4)5/h8-12,15,18,20H,1,13-14H2,2-7H3,(H,24,28)(H,25,27)/t15-,18-,20-/m1/s1. The molecule has 3 atom stereocenters. The first-order valence-electron chi connectivity index (χ1n) is 10.5. The van der Waals surface area contributed by atoms with E-state index < -0.39 is 14.4 Å². The summed E-state index contributed by atoms with van der Waals surface area (Å²) in [7, 11) is -2.02. The highest BCUT2D eigenvalue weighted by Gasteiger charge is 2.47. The number of nitrogens with one attached hydrogen (secondary N) is 2. The molecule has 0 saturated carbocycles. The Morgan fingerprint density at radius 2 is 1.87 bits per heavy atom. The fraction of sp³-hybridized carbons (Fsp3) is 0.522. The second-order valence-corrected chi connectivity index (χ2v) is 14.2. The molecule has 1 aromatic carbocycles. The van der Waals surface area contributed by atoms with Crippen LogP contribution in [0.4, 0.5) is 10.5 Å². The van der Waals surface area contributed by atoms with Gasteiger partial charge < -0.3 is 14.5 Å². The van der Waals surface area contributed by atoms with Gasteiger partial charge in [0.1, 0.15) is 6.61 Å².